The Morgan fingerprint density at radius 1 is 0.536 bits per heavy atom. The van der Waals surface area contributed by atoms with Crippen LogP contribution in [0.15, 0.2) is 115 Å². The van der Waals surface area contributed by atoms with Crippen LogP contribution in [0.25, 0.3) is 0 Å². The fraction of sp³-hybridized carbons (Fsp3) is 0.0769. The molecule has 0 bridgehead atoms. The van der Waals surface area contributed by atoms with E-state index >= 15 is 0 Å². The third kappa shape index (κ3) is 3.13. The largest absolute Gasteiger partial charge is 0.508 e. The van der Waals surface area contributed by atoms with Crippen molar-refractivity contribution >= 4 is 23.2 Å². The molecule has 1 atom stereocenters. The molecule has 0 fully saturated rings. The Bertz CT molecular complexity index is 933. The molecule has 0 aromatic heterocycles. The van der Waals surface area contributed by atoms with E-state index in [9.17, 15) is 5.11 Å². The predicted molar refractivity (Wildman–Crippen MR) is 122 cm³/mol. The number of hydrogen-bond donors (Lipinski definition) is 1. The van der Waals surface area contributed by atoms with Crippen molar-refractivity contribution in [3.63, 3.8) is 0 Å². The van der Waals surface area contributed by atoms with Crippen LogP contribution in [0.5, 0.6) is 5.75 Å². The molecule has 4 rings (SSSR count). The minimum absolute atomic E-state index is 0.126. The number of aromatic hydroxyl groups is 1. The van der Waals surface area contributed by atoms with Crippen molar-refractivity contribution in [2.75, 3.05) is 0 Å². The van der Waals surface area contributed by atoms with Gasteiger partial charge in [0.2, 0.25) is 0 Å². The van der Waals surface area contributed by atoms with Gasteiger partial charge in [-0.3, -0.25) is 0 Å². The van der Waals surface area contributed by atoms with Crippen molar-refractivity contribution in [1.82, 2.24) is 0 Å². The van der Waals surface area contributed by atoms with Gasteiger partial charge in [0.1, 0.15) is 34.6 Å². The van der Waals surface area contributed by atoms with E-state index in [1.54, 1.807) is 6.07 Å². The second-order valence-corrected chi connectivity index (χ2v) is 10.7. The fourth-order valence-corrected chi connectivity index (χ4v) is 8.96. The average molecular weight is 383 g/mol. The maximum atomic E-state index is 10.7. The molecule has 138 valence electrons. The van der Waals surface area contributed by atoms with Gasteiger partial charge in [-0.25, -0.2) is 0 Å². The highest BCUT2D eigenvalue weighted by atomic mass is 31.2. The molecule has 0 aliphatic rings. The van der Waals surface area contributed by atoms with Gasteiger partial charge in [0.25, 0.3) is 0 Å². The molecule has 1 unspecified atom stereocenters. The third-order valence-electron chi connectivity index (χ3n) is 5.46. The molecule has 0 saturated carbocycles. The van der Waals surface area contributed by atoms with Gasteiger partial charge >= 0.3 is 0 Å². The summed E-state index contributed by atoms with van der Waals surface area (Å²) in [7, 11) is -2.05. The van der Waals surface area contributed by atoms with Gasteiger partial charge in [-0.15, -0.1) is 0 Å². The number of para-hydroxylation sites is 1. The molecule has 0 aliphatic carbocycles. The first-order chi connectivity index (χ1) is 13.7. The van der Waals surface area contributed by atoms with E-state index in [0.717, 1.165) is 5.56 Å². The van der Waals surface area contributed by atoms with Crippen molar-refractivity contribution < 1.29 is 5.11 Å². The van der Waals surface area contributed by atoms with Crippen LogP contribution in [0.3, 0.4) is 0 Å². The third-order valence-corrected chi connectivity index (χ3v) is 10.2. The lowest BCUT2D eigenvalue weighted by atomic mass is 10.1. The van der Waals surface area contributed by atoms with Crippen LogP contribution in [-0.2, 0) is 0 Å². The van der Waals surface area contributed by atoms with Crippen molar-refractivity contribution in [3.05, 3.63) is 121 Å². The molecule has 0 saturated heterocycles. The van der Waals surface area contributed by atoms with E-state index in [0.29, 0.717) is 5.75 Å². The number of phenols is 1. The highest BCUT2D eigenvalue weighted by Crippen LogP contribution is 2.67. The van der Waals surface area contributed by atoms with Crippen molar-refractivity contribution in [1.29, 1.82) is 0 Å². The summed E-state index contributed by atoms with van der Waals surface area (Å²) in [5.74, 6) is 0.363. The summed E-state index contributed by atoms with van der Waals surface area (Å²) >= 11 is 0. The summed E-state index contributed by atoms with van der Waals surface area (Å²) in [6, 6.07) is 40.1. The standard InChI is InChI=1S/C26H23OP/c1-21(25-19-11-12-20-26(25)27)28(22-13-5-2-6-14-22,23-15-7-3-8-16-23)24-17-9-4-10-18-24/h2-21H,1H3/p+1. The first kappa shape index (κ1) is 18.5. The van der Waals surface area contributed by atoms with Crippen LogP contribution in [0.2, 0.25) is 0 Å². The van der Waals surface area contributed by atoms with Crippen LogP contribution >= 0.6 is 7.26 Å². The lowest BCUT2D eigenvalue weighted by molar-refractivity contribution is 0.468. The second kappa shape index (κ2) is 8.00. The molecule has 0 radical (unpaired) electrons. The molecule has 4 aromatic carbocycles. The Hall–Kier alpha value is -2.89. The zero-order chi connectivity index (χ0) is 19.4. The molecule has 28 heavy (non-hydrogen) atoms. The Morgan fingerprint density at radius 2 is 0.893 bits per heavy atom. The lowest BCUT2D eigenvalue weighted by Crippen LogP contribution is -2.34. The van der Waals surface area contributed by atoms with Crippen LogP contribution < -0.4 is 15.9 Å². The van der Waals surface area contributed by atoms with Gasteiger partial charge in [0, 0.05) is 5.56 Å². The van der Waals surface area contributed by atoms with Crippen LogP contribution in [0.4, 0.5) is 0 Å². The fourth-order valence-electron chi connectivity index (χ4n) is 4.16. The van der Waals surface area contributed by atoms with E-state index in [1.165, 1.54) is 15.9 Å². The number of benzene rings is 4. The molecule has 0 spiro atoms. The lowest BCUT2D eigenvalue weighted by Gasteiger charge is -2.33. The number of hydrogen-bond acceptors (Lipinski definition) is 1. The summed E-state index contributed by atoms with van der Waals surface area (Å²) in [5.41, 5.74) is 1.12. The maximum Gasteiger partial charge on any atom is 0.122 e. The summed E-state index contributed by atoms with van der Waals surface area (Å²) in [5, 5.41) is 14.7. The van der Waals surface area contributed by atoms with Gasteiger partial charge in [0.05, 0.1) is 0 Å². The molecule has 0 amide bonds. The minimum Gasteiger partial charge on any atom is -0.508 e. The summed E-state index contributed by atoms with van der Waals surface area (Å²) in [4.78, 5) is 0. The zero-order valence-electron chi connectivity index (χ0n) is 15.9. The molecule has 1 nitrogen and oxygen atoms in total. The SMILES string of the molecule is CC(c1ccccc1O)[P+](c1ccccc1)(c1ccccc1)c1ccccc1. The summed E-state index contributed by atoms with van der Waals surface area (Å²) in [6.07, 6.45) is 0. The Balaban J connectivity index is 2.09. The summed E-state index contributed by atoms with van der Waals surface area (Å²) in [6.45, 7) is 2.26. The van der Waals surface area contributed by atoms with E-state index in [-0.39, 0.29) is 5.66 Å². The van der Waals surface area contributed by atoms with Crippen molar-refractivity contribution in [3.8, 4) is 5.75 Å². The minimum atomic E-state index is -2.05. The number of phenolic OH excluding ortho intramolecular Hbond substituents is 1. The van der Waals surface area contributed by atoms with Crippen LogP contribution in [-0.4, -0.2) is 5.11 Å². The smallest absolute Gasteiger partial charge is 0.122 e. The highest BCUT2D eigenvalue weighted by Gasteiger charge is 2.51. The molecular weight excluding hydrogens is 359 g/mol. The molecule has 1 N–H and O–H groups in total. The van der Waals surface area contributed by atoms with Gasteiger partial charge in [0.15, 0.2) is 0 Å². The second-order valence-electron chi connectivity index (χ2n) is 6.96. The summed E-state index contributed by atoms with van der Waals surface area (Å²) < 4.78 is 0. The molecule has 2 heteroatoms. The predicted octanol–water partition coefficient (Wildman–Crippen LogP) is 5.45. The highest BCUT2D eigenvalue weighted by molar-refractivity contribution is 7.95. The van der Waals surface area contributed by atoms with Gasteiger partial charge in [-0.1, -0.05) is 72.8 Å². The van der Waals surface area contributed by atoms with Crippen LogP contribution in [0, 0.1) is 0 Å². The van der Waals surface area contributed by atoms with E-state index in [1.807, 2.05) is 12.1 Å². The molecule has 4 aromatic rings. The molecule has 0 aliphatic heterocycles. The van der Waals surface area contributed by atoms with Crippen molar-refractivity contribution in [2.24, 2.45) is 0 Å². The monoisotopic (exact) mass is 383 g/mol. The Labute approximate surface area is 167 Å². The quantitative estimate of drug-likeness (QED) is 0.455. The normalized spacial score (nSPS) is 12.5. The maximum absolute atomic E-state index is 10.7. The number of rotatable bonds is 5. The van der Waals surface area contributed by atoms with Crippen molar-refractivity contribution in [2.45, 2.75) is 12.6 Å². The Kier molecular flexibility index (Phi) is 5.28. The Morgan fingerprint density at radius 3 is 1.29 bits per heavy atom. The van der Waals surface area contributed by atoms with Gasteiger partial charge < -0.3 is 5.11 Å². The first-order valence-electron chi connectivity index (χ1n) is 9.58. The average Bonchev–Trinajstić information content (AvgIpc) is 2.77. The van der Waals surface area contributed by atoms with E-state index < -0.39 is 7.26 Å². The molecular formula is C26H24OP+. The van der Waals surface area contributed by atoms with E-state index in [4.69, 9.17) is 0 Å². The van der Waals surface area contributed by atoms with Gasteiger partial charge in [-0.2, -0.15) is 0 Å². The zero-order valence-corrected chi connectivity index (χ0v) is 16.8. The van der Waals surface area contributed by atoms with Crippen LogP contribution in [0.1, 0.15) is 18.1 Å². The van der Waals surface area contributed by atoms with Gasteiger partial charge in [-0.05, 0) is 49.4 Å². The van der Waals surface area contributed by atoms with E-state index in [2.05, 4.69) is 104 Å². The molecule has 0 heterocycles. The first-order valence-corrected chi connectivity index (χ1v) is 11.4. The topological polar surface area (TPSA) is 20.2 Å².